The maximum atomic E-state index is 11.8. The molecule has 2 amide bonds. The third kappa shape index (κ3) is 3.59. The molecule has 2 rings (SSSR count). The van der Waals surface area contributed by atoms with E-state index in [1.165, 1.54) is 0 Å². The van der Waals surface area contributed by atoms with Gasteiger partial charge in [-0.15, -0.1) is 0 Å². The smallest absolute Gasteiger partial charge is 0.315 e. The number of carbonyl (C=O) groups is 1. The van der Waals surface area contributed by atoms with Gasteiger partial charge in [0.05, 0.1) is 13.2 Å². The van der Waals surface area contributed by atoms with Crippen LogP contribution in [-0.4, -0.2) is 36.6 Å². The van der Waals surface area contributed by atoms with E-state index >= 15 is 0 Å². The van der Waals surface area contributed by atoms with Gasteiger partial charge in [-0.05, 0) is 33.6 Å². The summed E-state index contributed by atoms with van der Waals surface area (Å²) in [6.07, 6.45) is 3.57. The zero-order valence-electron chi connectivity index (χ0n) is 11.5. The minimum atomic E-state index is -0.349. The largest absolute Gasteiger partial charge is 0.348 e. The van der Waals surface area contributed by atoms with Crippen molar-refractivity contribution in [2.45, 2.75) is 63.8 Å². The van der Waals surface area contributed by atoms with E-state index in [1.807, 2.05) is 20.8 Å². The molecule has 1 saturated carbocycles. The molecular formula is C13H24N2O3. The molecule has 0 aromatic carbocycles. The molecule has 0 radical (unpaired) electrons. The first-order chi connectivity index (χ1) is 8.39. The zero-order chi connectivity index (χ0) is 13.2. The maximum Gasteiger partial charge on any atom is 0.315 e. The second-order valence-corrected chi connectivity index (χ2v) is 6.23. The van der Waals surface area contributed by atoms with Crippen molar-refractivity contribution < 1.29 is 14.3 Å². The molecular weight excluding hydrogens is 232 g/mol. The maximum absolute atomic E-state index is 11.8. The number of rotatable bonds is 1. The van der Waals surface area contributed by atoms with Crippen LogP contribution in [0.1, 0.15) is 46.5 Å². The van der Waals surface area contributed by atoms with E-state index in [2.05, 4.69) is 10.6 Å². The van der Waals surface area contributed by atoms with Crippen molar-refractivity contribution in [2.75, 3.05) is 13.2 Å². The molecule has 5 heteroatoms. The number of hydrogen-bond acceptors (Lipinski definition) is 3. The quantitative estimate of drug-likeness (QED) is 0.751. The summed E-state index contributed by atoms with van der Waals surface area (Å²) < 4.78 is 11.3. The minimum Gasteiger partial charge on any atom is -0.348 e. The molecule has 0 aromatic rings. The molecule has 2 aliphatic rings. The van der Waals surface area contributed by atoms with Gasteiger partial charge >= 0.3 is 6.03 Å². The molecule has 1 heterocycles. The van der Waals surface area contributed by atoms with Crippen LogP contribution in [0.25, 0.3) is 0 Å². The summed E-state index contributed by atoms with van der Waals surface area (Å²) in [5.74, 6) is -0.349. The number of amides is 2. The summed E-state index contributed by atoms with van der Waals surface area (Å²) in [4.78, 5) is 11.8. The fraction of sp³-hybridized carbons (Fsp3) is 0.923. The van der Waals surface area contributed by atoms with Crippen LogP contribution < -0.4 is 10.6 Å². The van der Waals surface area contributed by atoms with Crippen molar-refractivity contribution >= 4 is 6.03 Å². The normalized spacial score (nSPS) is 24.2. The van der Waals surface area contributed by atoms with Crippen molar-refractivity contribution in [3.05, 3.63) is 0 Å². The third-order valence-electron chi connectivity index (χ3n) is 3.38. The molecule has 2 fully saturated rings. The Morgan fingerprint density at radius 3 is 2.22 bits per heavy atom. The molecule has 5 nitrogen and oxygen atoms in total. The number of urea groups is 1. The van der Waals surface area contributed by atoms with Gasteiger partial charge in [-0.25, -0.2) is 4.79 Å². The Kier molecular flexibility index (Phi) is 3.82. The lowest BCUT2D eigenvalue weighted by Crippen LogP contribution is -2.51. The molecule has 1 spiro atoms. The Bertz CT molecular complexity index is 296. The molecule has 1 saturated heterocycles. The molecule has 1 aliphatic carbocycles. The Hall–Kier alpha value is -0.810. The zero-order valence-corrected chi connectivity index (χ0v) is 11.5. The number of hydrogen-bond donors (Lipinski definition) is 2. The SMILES string of the molecule is CC(C)(C)NC(=O)NC1CCC2(CC1)OCCO2. The summed E-state index contributed by atoms with van der Waals surface area (Å²) in [6.45, 7) is 7.32. The minimum absolute atomic E-state index is 0.0864. The van der Waals surface area contributed by atoms with Crippen molar-refractivity contribution in [3.63, 3.8) is 0 Å². The van der Waals surface area contributed by atoms with Gasteiger partial charge in [0.1, 0.15) is 0 Å². The lowest BCUT2D eigenvalue weighted by atomic mass is 9.90. The molecule has 1 aliphatic heterocycles. The van der Waals surface area contributed by atoms with Crippen molar-refractivity contribution in [3.8, 4) is 0 Å². The van der Waals surface area contributed by atoms with E-state index in [9.17, 15) is 4.79 Å². The van der Waals surface area contributed by atoms with E-state index in [0.29, 0.717) is 13.2 Å². The second-order valence-electron chi connectivity index (χ2n) is 6.23. The van der Waals surface area contributed by atoms with Crippen LogP contribution in [0.15, 0.2) is 0 Å². The lowest BCUT2D eigenvalue weighted by molar-refractivity contribution is -0.179. The van der Waals surface area contributed by atoms with Crippen molar-refractivity contribution in [1.82, 2.24) is 10.6 Å². The Morgan fingerprint density at radius 1 is 1.17 bits per heavy atom. The highest BCUT2D eigenvalue weighted by Gasteiger charge is 2.40. The predicted octanol–water partition coefficient (Wildman–Crippen LogP) is 1.77. The average molecular weight is 256 g/mol. The van der Waals surface area contributed by atoms with Crippen LogP contribution in [0.2, 0.25) is 0 Å². The molecule has 104 valence electrons. The van der Waals surface area contributed by atoms with E-state index < -0.39 is 0 Å². The Balaban J connectivity index is 1.75. The van der Waals surface area contributed by atoms with Crippen LogP contribution in [0, 0.1) is 0 Å². The molecule has 0 atom stereocenters. The van der Waals surface area contributed by atoms with Crippen LogP contribution in [0.5, 0.6) is 0 Å². The highest BCUT2D eigenvalue weighted by atomic mass is 16.7. The second kappa shape index (κ2) is 5.05. The fourth-order valence-corrected chi connectivity index (χ4v) is 2.55. The first-order valence-electron chi connectivity index (χ1n) is 6.75. The van der Waals surface area contributed by atoms with E-state index in [0.717, 1.165) is 25.7 Å². The standard InChI is InChI=1S/C13H24N2O3/c1-12(2,3)15-11(16)14-10-4-6-13(7-5-10)17-8-9-18-13/h10H,4-9H2,1-3H3,(H2,14,15,16). The first-order valence-corrected chi connectivity index (χ1v) is 6.75. The Morgan fingerprint density at radius 2 is 1.72 bits per heavy atom. The van der Waals surface area contributed by atoms with Crippen LogP contribution in [0.3, 0.4) is 0 Å². The fourth-order valence-electron chi connectivity index (χ4n) is 2.55. The van der Waals surface area contributed by atoms with Crippen molar-refractivity contribution in [2.24, 2.45) is 0 Å². The molecule has 0 unspecified atom stereocenters. The van der Waals surface area contributed by atoms with Gasteiger partial charge in [0, 0.05) is 24.4 Å². The lowest BCUT2D eigenvalue weighted by Gasteiger charge is -2.36. The highest BCUT2D eigenvalue weighted by molar-refractivity contribution is 5.74. The molecule has 0 aromatic heterocycles. The van der Waals surface area contributed by atoms with Gasteiger partial charge in [0.15, 0.2) is 5.79 Å². The topological polar surface area (TPSA) is 59.6 Å². The Labute approximate surface area is 109 Å². The van der Waals surface area contributed by atoms with Crippen LogP contribution in [-0.2, 0) is 9.47 Å². The van der Waals surface area contributed by atoms with Crippen LogP contribution in [0.4, 0.5) is 4.79 Å². The third-order valence-corrected chi connectivity index (χ3v) is 3.38. The molecule has 18 heavy (non-hydrogen) atoms. The summed E-state index contributed by atoms with van der Waals surface area (Å²) >= 11 is 0. The molecule has 0 bridgehead atoms. The monoisotopic (exact) mass is 256 g/mol. The van der Waals surface area contributed by atoms with Crippen molar-refractivity contribution in [1.29, 1.82) is 0 Å². The number of carbonyl (C=O) groups excluding carboxylic acids is 1. The van der Waals surface area contributed by atoms with E-state index in [-0.39, 0.29) is 23.4 Å². The van der Waals surface area contributed by atoms with Crippen LogP contribution >= 0.6 is 0 Å². The average Bonchev–Trinajstić information content (AvgIpc) is 2.68. The van der Waals surface area contributed by atoms with Gasteiger partial charge in [-0.1, -0.05) is 0 Å². The molecule has 2 N–H and O–H groups in total. The van der Waals surface area contributed by atoms with E-state index in [4.69, 9.17) is 9.47 Å². The van der Waals surface area contributed by atoms with Gasteiger partial charge in [-0.2, -0.15) is 0 Å². The van der Waals surface area contributed by atoms with Gasteiger partial charge in [0.2, 0.25) is 0 Å². The van der Waals surface area contributed by atoms with Gasteiger partial charge in [-0.3, -0.25) is 0 Å². The predicted molar refractivity (Wildman–Crippen MR) is 68.3 cm³/mol. The van der Waals surface area contributed by atoms with E-state index in [1.54, 1.807) is 0 Å². The summed E-state index contributed by atoms with van der Waals surface area (Å²) in [7, 11) is 0. The summed E-state index contributed by atoms with van der Waals surface area (Å²) in [5, 5.41) is 5.94. The van der Waals surface area contributed by atoms with Gasteiger partial charge in [0.25, 0.3) is 0 Å². The number of ether oxygens (including phenoxy) is 2. The summed E-state index contributed by atoms with van der Waals surface area (Å²) in [6, 6.07) is 0.141. The first kappa shape index (κ1) is 13.6. The highest BCUT2D eigenvalue weighted by Crippen LogP contribution is 2.35. The number of nitrogens with one attached hydrogen (secondary N) is 2. The summed E-state index contributed by atoms with van der Waals surface area (Å²) in [5.41, 5.74) is -0.197. The van der Waals surface area contributed by atoms with Gasteiger partial charge < -0.3 is 20.1 Å².